The molecular formula is C15H16N4O2. The third-order valence-electron chi connectivity index (χ3n) is 3.36. The number of nitrogens with zero attached hydrogens (tertiary/aromatic N) is 3. The first-order valence-corrected chi connectivity index (χ1v) is 6.65. The normalized spacial score (nSPS) is 17.8. The average molecular weight is 284 g/mol. The van der Waals surface area contributed by atoms with Gasteiger partial charge in [0.15, 0.2) is 0 Å². The van der Waals surface area contributed by atoms with Gasteiger partial charge in [-0.05, 0) is 5.56 Å². The molecule has 1 unspecified atom stereocenters. The molecule has 1 aromatic carbocycles. The summed E-state index contributed by atoms with van der Waals surface area (Å²) in [5, 5.41) is 0. The minimum atomic E-state index is -0.0280. The van der Waals surface area contributed by atoms with E-state index < -0.39 is 0 Å². The predicted molar refractivity (Wildman–Crippen MR) is 79.1 cm³/mol. The van der Waals surface area contributed by atoms with Gasteiger partial charge in [0.25, 0.3) is 6.02 Å². The summed E-state index contributed by atoms with van der Waals surface area (Å²) in [6, 6.07) is 6.19. The Hall–Kier alpha value is -2.63. The molecule has 0 radical (unpaired) electrons. The zero-order chi connectivity index (χ0) is 14.7. The zero-order valence-corrected chi connectivity index (χ0v) is 11.7. The van der Waals surface area contributed by atoms with Gasteiger partial charge in [0.05, 0.1) is 13.2 Å². The molecule has 0 saturated heterocycles. The molecule has 1 aliphatic rings. The molecule has 0 aliphatic carbocycles. The standard InChI is InChI=1S/C15H16N4O2/c1-20-15(16)19-12-5-10-3-2-4-13(14(10)21-8-12)11-6-17-9-18-7-11/h2-4,6-7,9,12H,5,8H2,1H3,(H2,16,19). The lowest BCUT2D eigenvalue weighted by molar-refractivity contribution is 0.262. The Balaban J connectivity index is 1.92. The van der Waals surface area contributed by atoms with E-state index in [0.717, 1.165) is 28.9 Å². The third kappa shape index (κ3) is 2.79. The van der Waals surface area contributed by atoms with Crippen molar-refractivity contribution in [3.05, 3.63) is 42.5 Å². The Morgan fingerprint density at radius 1 is 1.38 bits per heavy atom. The molecule has 0 spiro atoms. The number of para-hydroxylation sites is 1. The summed E-state index contributed by atoms with van der Waals surface area (Å²) in [6.45, 7) is 0.474. The zero-order valence-electron chi connectivity index (χ0n) is 11.7. The van der Waals surface area contributed by atoms with Gasteiger partial charge in [0.1, 0.15) is 18.7 Å². The Bertz CT molecular complexity index is 658. The van der Waals surface area contributed by atoms with E-state index >= 15 is 0 Å². The van der Waals surface area contributed by atoms with Crippen LogP contribution in [0.4, 0.5) is 0 Å². The second kappa shape index (κ2) is 5.78. The Morgan fingerprint density at radius 2 is 2.19 bits per heavy atom. The maximum absolute atomic E-state index is 5.89. The molecule has 108 valence electrons. The molecule has 6 nitrogen and oxygen atoms in total. The van der Waals surface area contributed by atoms with Crippen LogP contribution in [0, 0.1) is 0 Å². The lowest BCUT2D eigenvalue weighted by Crippen LogP contribution is -2.28. The highest BCUT2D eigenvalue weighted by atomic mass is 16.5. The van der Waals surface area contributed by atoms with Gasteiger partial charge in [-0.1, -0.05) is 18.2 Å². The first-order chi connectivity index (χ1) is 10.3. The number of aromatic nitrogens is 2. The van der Waals surface area contributed by atoms with Crippen LogP contribution in [0.1, 0.15) is 5.56 Å². The fraction of sp³-hybridized carbons (Fsp3) is 0.267. The monoisotopic (exact) mass is 284 g/mol. The van der Waals surface area contributed by atoms with Crippen molar-refractivity contribution in [3.63, 3.8) is 0 Å². The van der Waals surface area contributed by atoms with Crippen LogP contribution in [0.2, 0.25) is 0 Å². The van der Waals surface area contributed by atoms with Crippen LogP contribution in [0.3, 0.4) is 0 Å². The fourth-order valence-corrected chi connectivity index (χ4v) is 2.39. The number of rotatable bonds is 2. The number of aliphatic imine (C=N–C) groups is 1. The largest absolute Gasteiger partial charge is 0.490 e. The maximum atomic E-state index is 5.89. The van der Waals surface area contributed by atoms with E-state index in [1.54, 1.807) is 12.4 Å². The lowest BCUT2D eigenvalue weighted by atomic mass is 9.97. The number of hydrogen-bond acceptors (Lipinski definition) is 5. The van der Waals surface area contributed by atoms with Crippen LogP contribution in [-0.2, 0) is 11.2 Å². The molecule has 0 bridgehead atoms. The highest BCUT2D eigenvalue weighted by molar-refractivity contribution is 5.72. The minimum Gasteiger partial charge on any atom is -0.490 e. The van der Waals surface area contributed by atoms with Gasteiger partial charge in [0, 0.05) is 29.9 Å². The third-order valence-corrected chi connectivity index (χ3v) is 3.36. The molecule has 21 heavy (non-hydrogen) atoms. The van der Waals surface area contributed by atoms with Crippen molar-refractivity contribution in [2.45, 2.75) is 12.5 Å². The summed E-state index contributed by atoms with van der Waals surface area (Å²) in [4.78, 5) is 12.4. The fourth-order valence-electron chi connectivity index (χ4n) is 2.39. The number of ether oxygens (including phenoxy) is 2. The van der Waals surface area contributed by atoms with Crippen molar-refractivity contribution in [1.29, 1.82) is 0 Å². The van der Waals surface area contributed by atoms with Crippen LogP contribution in [-0.4, -0.2) is 35.7 Å². The van der Waals surface area contributed by atoms with Gasteiger partial charge in [-0.2, -0.15) is 0 Å². The molecule has 0 amide bonds. The van der Waals surface area contributed by atoms with E-state index in [2.05, 4.69) is 15.0 Å². The maximum Gasteiger partial charge on any atom is 0.282 e. The molecular weight excluding hydrogens is 268 g/mol. The Kier molecular flexibility index (Phi) is 3.68. The predicted octanol–water partition coefficient (Wildman–Crippen LogP) is 1.41. The summed E-state index contributed by atoms with van der Waals surface area (Å²) in [6.07, 6.45) is 5.83. The van der Waals surface area contributed by atoms with Crippen LogP contribution in [0.5, 0.6) is 5.75 Å². The molecule has 1 aliphatic heterocycles. The highest BCUT2D eigenvalue weighted by Crippen LogP contribution is 2.36. The van der Waals surface area contributed by atoms with Gasteiger partial charge in [-0.15, -0.1) is 0 Å². The van der Waals surface area contributed by atoms with E-state index in [4.69, 9.17) is 15.2 Å². The second-order valence-electron chi connectivity index (χ2n) is 4.76. The van der Waals surface area contributed by atoms with Gasteiger partial charge in [0.2, 0.25) is 0 Å². The first kappa shape index (κ1) is 13.4. The molecule has 2 N–H and O–H groups in total. The molecule has 0 fully saturated rings. The van der Waals surface area contributed by atoms with E-state index in [9.17, 15) is 0 Å². The van der Waals surface area contributed by atoms with E-state index in [1.165, 1.54) is 13.4 Å². The summed E-state index contributed by atoms with van der Waals surface area (Å²) in [5.41, 5.74) is 8.63. The van der Waals surface area contributed by atoms with Crippen LogP contribution >= 0.6 is 0 Å². The van der Waals surface area contributed by atoms with Crippen molar-refractivity contribution < 1.29 is 9.47 Å². The number of hydrogen-bond donors (Lipinski definition) is 1. The van der Waals surface area contributed by atoms with E-state index in [1.807, 2.05) is 18.2 Å². The second-order valence-corrected chi connectivity index (χ2v) is 4.76. The number of methoxy groups -OCH3 is 1. The van der Waals surface area contributed by atoms with Crippen molar-refractivity contribution in [3.8, 4) is 16.9 Å². The number of fused-ring (bicyclic) bond motifs is 1. The lowest BCUT2D eigenvalue weighted by Gasteiger charge is -2.24. The SMILES string of the molecule is COC(N)=NC1COc2c(cccc2-c2cncnc2)C1. The number of benzene rings is 1. The minimum absolute atomic E-state index is 0.0280. The van der Waals surface area contributed by atoms with Crippen LogP contribution < -0.4 is 10.5 Å². The van der Waals surface area contributed by atoms with Crippen molar-refractivity contribution in [1.82, 2.24) is 9.97 Å². The molecule has 1 aromatic heterocycles. The molecule has 6 heteroatoms. The van der Waals surface area contributed by atoms with Crippen molar-refractivity contribution in [2.24, 2.45) is 10.7 Å². The van der Waals surface area contributed by atoms with Crippen molar-refractivity contribution >= 4 is 6.02 Å². The number of amidine groups is 1. The molecule has 1 atom stereocenters. The Morgan fingerprint density at radius 3 is 2.95 bits per heavy atom. The average Bonchev–Trinajstić information content (AvgIpc) is 2.54. The van der Waals surface area contributed by atoms with Crippen molar-refractivity contribution in [2.75, 3.05) is 13.7 Å². The smallest absolute Gasteiger partial charge is 0.282 e. The van der Waals surface area contributed by atoms with E-state index in [-0.39, 0.29) is 12.1 Å². The van der Waals surface area contributed by atoms with Gasteiger partial charge in [-0.3, -0.25) is 0 Å². The summed E-state index contributed by atoms with van der Waals surface area (Å²) in [5.74, 6) is 0.870. The van der Waals surface area contributed by atoms with Crippen LogP contribution in [0.25, 0.3) is 11.1 Å². The molecule has 2 heterocycles. The summed E-state index contributed by atoms with van der Waals surface area (Å²) >= 11 is 0. The van der Waals surface area contributed by atoms with E-state index in [0.29, 0.717) is 6.61 Å². The topological polar surface area (TPSA) is 82.6 Å². The van der Waals surface area contributed by atoms with Gasteiger partial charge >= 0.3 is 0 Å². The Labute approximate surface area is 122 Å². The molecule has 0 saturated carbocycles. The van der Waals surface area contributed by atoms with Crippen LogP contribution in [0.15, 0.2) is 41.9 Å². The summed E-state index contributed by atoms with van der Waals surface area (Å²) in [7, 11) is 1.50. The van der Waals surface area contributed by atoms with Gasteiger partial charge < -0.3 is 15.2 Å². The quantitative estimate of drug-likeness (QED) is 0.666. The first-order valence-electron chi connectivity index (χ1n) is 6.65. The number of nitrogens with two attached hydrogens (primary N) is 1. The van der Waals surface area contributed by atoms with Gasteiger partial charge in [-0.25, -0.2) is 15.0 Å². The molecule has 2 aromatic rings. The molecule has 3 rings (SSSR count). The summed E-state index contributed by atoms with van der Waals surface area (Å²) < 4.78 is 10.8. The highest BCUT2D eigenvalue weighted by Gasteiger charge is 2.22.